The van der Waals surface area contributed by atoms with Crippen molar-refractivity contribution < 1.29 is 128 Å². The van der Waals surface area contributed by atoms with Gasteiger partial charge in [-0.05, 0) is 412 Å². The van der Waals surface area contributed by atoms with Crippen molar-refractivity contribution in [3.05, 3.63) is 0 Å². The number of hydrogen-bond donors (Lipinski definition) is 0. The zero-order chi connectivity index (χ0) is 100. The Kier molecular flexibility index (Phi) is 46.3. The molecule has 0 heterocycles. The molecule has 0 rings (SSSR count). The molecule has 0 amide bonds. The normalized spacial score (nSPS) is 16.2. The molecule has 0 aromatic heterocycles. The zero-order valence-electron chi connectivity index (χ0n) is 91.2. The summed E-state index contributed by atoms with van der Waals surface area (Å²) >= 11 is 0. The molecule has 0 unspecified atom stereocenters. The highest BCUT2D eigenvalue weighted by molar-refractivity contribution is 6.99. The first kappa shape index (κ1) is 130. The van der Waals surface area contributed by atoms with Gasteiger partial charge in [0.2, 0.25) is 8.32 Å². The minimum absolute atomic E-state index is 1.29. The zero-order valence-corrected chi connectivity index (χ0v) is 122. The predicted octanol–water partition coefficient (Wildman–Crippen LogP) is 22.6. The van der Waals surface area contributed by atoms with Crippen molar-refractivity contribution in [1.82, 2.24) is 0 Å². The van der Waals surface area contributed by atoms with E-state index in [0.717, 1.165) is 0 Å². The predicted molar refractivity (Wildman–Crippen MR) is 583 cm³/mol. The van der Waals surface area contributed by atoms with E-state index in [1.54, 1.807) is 0 Å². The fourth-order valence-electron chi connectivity index (χ4n) is 18.0. The highest BCUT2D eigenvalue weighted by Crippen LogP contribution is 2.39. The van der Waals surface area contributed by atoms with Crippen molar-refractivity contribution in [2.75, 3.05) is 0 Å². The fourth-order valence-corrected chi connectivity index (χ4v) is 172. The van der Waals surface area contributed by atoms with Crippen molar-refractivity contribution in [3.63, 3.8) is 0 Å². The molecule has 0 N–H and O–H groups in total. The lowest BCUT2D eigenvalue weighted by atomic mass is 11.8. The summed E-state index contributed by atoms with van der Waals surface area (Å²) in [5.41, 5.74) is 0. The summed E-state index contributed by atoms with van der Waals surface area (Å²) in [7, 11) is -85.8. The van der Waals surface area contributed by atoms with E-state index in [1.807, 2.05) is 78.6 Å². The topological polar surface area (TPSA) is 286 Å². The monoisotopic (exact) mass is 2310 g/mol. The van der Waals surface area contributed by atoms with Gasteiger partial charge in [-0.3, -0.25) is 9.15 Å². The maximum absolute atomic E-state index is 7.03. The SMILES string of the molecule is C[SiH](C)O[Si](C)(C)O[Si](C)(C)O[Si](C)(C)O[Si](C)(C)O[Si](C)(C)O[Si](C)(C)O[Si](C)(C)O[Si](C)(C)O[Si](C)(C)O[Si](C)(C)O[Si](C)(C)O[Si](C)(C)O[Si](C)(C)O[Si](C)(C)O[Si](C)(C)O[Si](C)(C)O[Si](C)(C)O[Si](C)(C)O[Si](C)(C)O[Si](C)(C)O[Si](C)(C)O[Si](C)(C)O[Si](C)(C)O[Si](C)(C)O[Si](C)(C)O[Si](C)(C)O[Si](C)(C)O[Si](C)(C)O[Si](C)(C)OO[Si](C)(C)C. The highest BCUT2D eigenvalue weighted by atomic mass is 28.6. The van der Waals surface area contributed by atoms with Gasteiger partial charge in [0.1, 0.15) is 0 Å². The van der Waals surface area contributed by atoms with Gasteiger partial charge in [0.05, 0.1) is 0 Å². The Morgan fingerprint density at radius 2 is 0.168 bits per heavy atom. The lowest BCUT2D eigenvalue weighted by Crippen LogP contribution is -2.63. The van der Waals surface area contributed by atoms with Crippen molar-refractivity contribution in [2.24, 2.45) is 0 Å². The molecule has 752 valence electrons. The van der Waals surface area contributed by atoms with Crippen LogP contribution in [0.5, 0.6) is 0 Å². The van der Waals surface area contributed by atoms with Crippen LogP contribution in [0.3, 0.4) is 0 Å². The summed E-state index contributed by atoms with van der Waals surface area (Å²) in [5, 5.41) is 0. The summed E-state index contributed by atoms with van der Waals surface area (Å²) in [6.07, 6.45) is 0. The summed E-state index contributed by atoms with van der Waals surface area (Å²) in [4.78, 5) is 0. The molecule has 62 heteroatoms. The quantitative estimate of drug-likeness (QED) is 0.0310. The van der Waals surface area contributed by atoms with Gasteiger partial charge in [-0.25, -0.2) is 0 Å². The van der Waals surface area contributed by atoms with Gasteiger partial charge in [0.15, 0.2) is 9.04 Å². The average Bonchev–Trinajstić information content (AvgIpc) is 0.799. The first-order chi connectivity index (χ1) is 53.4. The molecule has 0 saturated heterocycles. The van der Waals surface area contributed by atoms with Crippen LogP contribution in [0.1, 0.15) is 0 Å². The summed E-state index contributed by atoms with van der Waals surface area (Å²) < 4.78 is 212. The van der Waals surface area contributed by atoms with E-state index in [0.29, 0.717) is 0 Å². The van der Waals surface area contributed by atoms with Gasteiger partial charge in [0.25, 0.3) is 0 Å². The van der Waals surface area contributed by atoms with Gasteiger partial charge in [0, 0.05) is 0 Å². The van der Waals surface area contributed by atoms with Crippen LogP contribution in [0, 0.1) is 0 Å². The van der Waals surface area contributed by atoms with Crippen molar-refractivity contribution >= 4 is 266 Å². The van der Waals surface area contributed by atoms with E-state index in [4.69, 9.17) is 128 Å². The van der Waals surface area contributed by atoms with Gasteiger partial charge >= 0.3 is 248 Å². The largest absolute Gasteiger partial charge is 0.440 e. The molecule has 125 heavy (non-hydrogen) atoms. The van der Waals surface area contributed by atoms with Crippen LogP contribution in [-0.2, 0) is 128 Å². The molecule has 0 aliphatic carbocycles. The van der Waals surface area contributed by atoms with Crippen molar-refractivity contribution in [3.8, 4) is 0 Å². The lowest BCUT2D eigenvalue weighted by Gasteiger charge is -2.45. The Balaban J connectivity index is 5.96. The summed E-state index contributed by atoms with van der Waals surface area (Å²) in [5.74, 6) is 0. The Morgan fingerprint density at radius 1 is 0.0960 bits per heavy atom. The first-order valence-electron chi connectivity index (χ1n) is 44.1. The maximum Gasteiger partial charge on any atom is 0.358 e. The molecule has 0 atom stereocenters. The van der Waals surface area contributed by atoms with E-state index >= 15 is 0 Å². The second-order valence-corrected chi connectivity index (χ2v) is 159. The molecular weight excluding hydrogens is 2120 g/mol. The second-order valence-electron chi connectivity index (χ2n) is 46.9. The third-order valence-electron chi connectivity index (χ3n) is 14.8. The third kappa shape index (κ3) is 61.2. The first-order valence-corrected chi connectivity index (χ1v) is 132. The van der Waals surface area contributed by atoms with Crippen LogP contribution < -0.4 is 0 Å². The fraction of sp³-hybridized carbons (Fsp3) is 1.00. The maximum atomic E-state index is 7.03. The Morgan fingerprint density at radius 3 is 0.240 bits per heavy atom. The van der Waals surface area contributed by atoms with Crippen molar-refractivity contribution in [2.45, 2.75) is 412 Å². The van der Waals surface area contributed by atoms with E-state index in [-0.39, 0.29) is 0 Å². The minimum Gasteiger partial charge on any atom is -0.440 e. The van der Waals surface area contributed by atoms with Crippen LogP contribution in [0.15, 0.2) is 0 Å². The van der Waals surface area contributed by atoms with Gasteiger partial charge in [-0.2, -0.15) is 0 Å². The molecular formula is C63H190O31Si31. The van der Waals surface area contributed by atoms with E-state index < -0.39 is 266 Å². The standard InChI is InChI=1S/C63H190O31Si31/c1-95(2)66-98(8,9)68-100(12,13)70-102(16,17)72-104(20,21)74-106(24,25)76-108(28,29)78-110(32,33)80-112(36,37)82-114(40,41)84-116(44,45)86-118(48,49)88-120(52,53)90-122(56,57)92-124(60,61)94-125(62,63)93-123(58,59)91-121(54,55)89-119(50,51)87-117(46,47)85-115(42,43)83-113(38,39)81-111(34,35)79-109(30,31)77-107(26,27)75-105(22,23)73-103(18,19)71-101(14,15)69-99(10,11)67-97(6,7)65-64-96(3,4)5/h95H,1-63H3. The molecule has 0 aromatic rings. The van der Waals surface area contributed by atoms with Crippen LogP contribution in [0.25, 0.3) is 0 Å². The Bertz CT molecular complexity index is 3260. The smallest absolute Gasteiger partial charge is 0.358 e. The van der Waals surface area contributed by atoms with E-state index in [1.165, 1.54) is 0 Å². The van der Waals surface area contributed by atoms with Gasteiger partial charge in [-0.15, -0.1) is 0 Å². The van der Waals surface area contributed by atoms with Gasteiger partial charge < -0.3 is 119 Å². The Labute approximate surface area is 799 Å². The van der Waals surface area contributed by atoms with Gasteiger partial charge in [-0.1, -0.05) is 0 Å². The van der Waals surface area contributed by atoms with Crippen LogP contribution in [-0.4, -0.2) is 266 Å². The molecule has 0 fully saturated rings. The minimum atomic E-state index is -2.94. The Hall–Kier alpha value is 5.48. The lowest BCUT2D eigenvalue weighted by molar-refractivity contribution is -0.138. The molecule has 31 nitrogen and oxygen atoms in total. The molecule has 0 aliphatic heterocycles. The number of hydrogen-bond acceptors (Lipinski definition) is 31. The van der Waals surface area contributed by atoms with Crippen LogP contribution in [0.2, 0.25) is 412 Å². The molecule has 0 aromatic carbocycles. The second kappa shape index (κ2) is 44.4. The summed E-state index contributed by atoms with van der Waals surface area (Å²) in [6, 6.07) is 0. The number of rotatable bonds is 61. The molecule has 0 bridgehead atoms. The van der Waals surface area contributed by atoms with E-state index in [2.05, 4.69) is 334 Å². The molecule has 0 spiro atoms. The van der Waals surface area contributed by atoms with Crippen LogP contribution in [0.4, 0.5) is 0 Å². The van der Waals surface area contributed by atoms with E-state index in [9.17, 15) is 0 Å². The van der Waals surface area contributed by atoms with Crippen molar-refractivity contribution in [1.29, 1.82) is 0 Å². The molecule has 0 aliphatic rings. The molecule has 0 radical (unpaired) electrons. The highest BCUT2D eigenvalue weighted by Gasteiger charge is 2.58. The molecule has 0 saturated carbocycles. The average molecular weight is 2310 g/mol. The third-order valence-corrected chi connectivity index (χ3v) is 130. The summed E-state index contributed by atoms with van der Waals surface area (Å²) in [6.45, 7) is 130. The van der Waals surface area contributed by atoms with Crippen LogP contribution >= 0.6 is 0 Å².